The molecule has 0 amide bonds. The minimum absolute atomic E-state index is 0.0336. The molecule has 1 saturated heterocycles. The minimum Gasteiger partial charge on any atom is -0.496 e. The van der Waals surface area contributed by atoms with Crippen molar-refractivity contribution in [3.05, 3.63) is 52.3 Å². The number of nitrogens with zero attached hydrogens (tertiary/aromatic N) is 2. The fraction of sp³-hybridized carbons (Fsp3) is 0.450. The van der Waals surface area contributed by atoms with E-state index in [1.54, 1.807) is 7.11 Å². The third kappa shape index (κ3) is 4.84. The summed E-state index contributed by atoms with van der Waals surface area (Å²) in [5, 5.41) is 9.86. The molecule has 1 atom stereocenters. The standard InChI is InChI=1S/C20H25ClN2O4S/c1-27-18-6-5-14(8-16(18)13-24)11-23-7-3-4-15(12-23)20-19(28(2,25)26)9-17(21)10-22-20/h5-6,8-10,15,24H,3-4,7,11-13H2,1-2H3. The van der Waals surface area contributed by atoms with E-state index in [4.69, 9.17) is 16.3 Å². The van der Waals surface area contributed by atoms with Crippen LogP contribution in [0.15, 0.2) is 35.4 Å². The number of aromatic nitrogens is 1. The van der Waals surface area contributed by atoms with Gasteiger partial charge >= 0.3 is 0 Å². The van der Waals surface area contributed by atoms with Crippen LogP contribution in [0.25, 0.3) is 0 Å². The van der Waals surface area contributed by atoms with Crippen LogP contribution in [0.1, 0.15) is 35.6 Å². The average Bonchev–Trinajstić information content (AvgIpc) is 2.67. The average molecular weight is 425 g/mol. The van der Waals surface area contributed by atoms with Gasteiger partial charge in [0.05, 0.1) is 29.3 Å². The molecule has 0 radical (unpaired) electrons. The maximum atomic E-state index is 12.2. The van der Waals surface area contributed by atoms with Gasteiger partial charge in [-0.3, -0.25) is 9.88 Å². The summed E-state index contributed by atoms with van der Waals surface area (Å²) in [6.45, 7) is 2.29. The molecule has 1 aromatic carbocycles. The van der Waals surface area contributed by atoms with Crippen LogP contribution in [0, 0.1) is 0 Å². The Morgan fingerprint density at radius 2 is 2.14 bits per heavy atom. The lowest BCUT2D eigenvalue weighted by molar-refractivity contribution is 0.197. The van der Waals surface area contributed by atoms with E-state index in [1.165, 1.54) is 18.5 Å². The highest BCUT2D eigenvalue weighted by Crippen LogP contribution is 2.32. The Hall–Kier alpha value is -1.67. The Labute approximate surface area is 171 Å². The first-order valence-corrected chi connectivity index (χ1v) is 11.4. The lowest BCUT2D eigenvalue weighted by Crippen LogP contribution is -2.34. The fourth-order valence-corrected chi connectivity index (χ4v) is 4.93. The zero-order valence-electron chi connectivity index (χ0n) is 16.1. The van der Waals surface area contributed by atoms with Gasteiger partial charge in [0.15, 0.2) is 9.84 Å². The molecule has 1 aromatic heterocycles. The number of piperidine rings is 1. The van der Waals surface area contributed by atoms with E-state index in [9.17, 15) is 13.5 Å². The van der Waals surface area contributed by atoms with Gasteiger partial charge in [-0.2, -0.15) is 0 Å². The highest BCUT2D eigenvalue weighted by atomic mass is 35.5. The predicted octanol–water partition coefficient (Wildman–Crippen LogP) is 3.02. The Balaban J connectivity index is 1.80. The summed E-state index contributed by atoms with van der Waals surface area (Å²) in [5.41, 5.74) is 2.44. The first kappa shape index (κ1) is 21.0. The third-order valence-electron chi connectivity index (χ3n) is 5.06. The molecule has 0 aliphatic carbocycles. The summed E-state index contributed by atoms with van der Waals surface area (Å²) in [5.74, 6) is 0.706. The first-order valence-electron chi connectivity index (χ1n) is 9.16. The third-order valence-corrected chi connectivity index (χ3v) is 6.39. The van der Waals surface area contributed by atoms with E-state index in [2.05, 4.69) is 9.88 Å². The van der Waals surface area contributed by atoms with Crippen LogP contribution in [0.3, 0.4) is 0 Å². The highest BCUT2D eigenvalue weighted by Gasteiger charge is 2.27. The smallest absolute Gasteiger partial charge is 0.177 e. The molecular weight excluding hydrogens is 400 g/mol. The van der Waals surface area contributed by atoms with Crippen LogP contribution in [0.2, 0.25) is 5.02 Å². The number of ether oxygens (including phenoxy) is 1. The van der Waals surface area contributed by atoms with Crippen LogP contribution >= 0.6 is 11.6 Å². The van der Waals surface area contributed by atoms with E-state index in [-0.39, 0.29) is 17.4 Å². The number of benzene rings is 1. The van der Waals surface area contributed by atoms with Crippen LogP contribution in [0.5, 0.6) is 5.75 Å². The molecule has 1 aliphatic rings. The largest absolute Gasteiger partial charge is 0.496 e. The molecule has 1 unspecified atom stereocenters. The number of pyridine rings is 1. The van der Waals surface area contributed by atoms with Crippen LogP contribution in [0.4, 0.5) is 0 Å². The molecule has 1 fully saturated rings. The van der Waals surface area contributed by atoms with Crippen molar-refractivity contribution in [3.63, 3.8) is 0 Å². The Kier molecular flexibility index (Phi) is 6.60. The molecule has 0 bridgehead atoms. The predicted molar refractivity (Wildman–Crippen MR) is 109 cm³/mol. The Morgan fingerprint density at radius 1 is 1.36 bits per heavy atom. The number of aliphatic hydroxyl groups is 1. The van der Waals surface area contributed by atoms with Gasteiger partial charge < -0.3 is 9.84 Å². The zero-order valence-corrected chi connectivity index (χ0v) is 17.6. The van der Waals surface area contributed by atoms with Gasteiger partial charge in [-0.15, -0.1) is 0 Å². The van der Waals surface area contributed by atoms with Crippen LogP contribution in [-0.2, 0) is 23.0 Å². The van der Waals surface area contributed by atoms with Crippen molar-refractivity contribution in [2.75, 3.05) is 26.5 Å². The lowest BCUT2D eigenvalue weighted by atomic mass is 9.93. The highest BCUT2D eigenvalue weighted by molar-refractivity contribution is 7.90. The second kappa shape index (κ2) is 8.78. The second-order valence-electron chi connectivity index (χ2n) is 7.19. The molecule has 1 N–H and O–H groups in total. The molecule has 3 rings (SSSR count). The van der Waals surface area contributed by atoms with Gasteiger partial charge in [-0.1, -0.05) is 17.7 Å². The van der Waals surface area contributed by atoms with E-state index < -0.39 is 9.84 Å². The lowest BCUT2D eigenvalue weighted by Gasteiger charge is -2.33. The second-order valence-corrected chi connectivity index (χ2v) is 9.61. The van der Waals surface area contributed by atoms with Crippen molar-refractivity contribution in [1.82, 2.24) is 9.88 Å². The molecule has 2 heterocycles. The van der Waals surface area contributed by atoms with Crippen LogP contribution in [-0.4, -0.2) is 49.9 Å². The van der Waals surface area contributed by atoms with E-state index >= 15 is 0 Å². The van der Waals surface area contributed by atoms with Crippen molar-refractivity contribution >= 4 is 21.4 Å². The molecular formula is C20H25ClN2O4S. The van der Waals surface area contributed by atoms with Gasteiger partial charge in [0.1, 0.15) is 5.75 Å². The number of halogens is 1. The maximum absolute atomic E-state index is 12.2. The molecule has 0 saturated carbocycles. The summed E-state index contributed by atoms with van der Waals surface area (Å²) in [4.78, 5) is 6.88. The van der Waals surface area contributed by atoms with Crippen molar-refractivity contribution in [1.29, 1.82) is 0 Å². The number of rotatable bonds is 6. The Morgan fingerprint density at radius 3 is 2.82 bits per heavy atom. The van der Waals surface area contributed by atoms with Crippen molar-refractivity contribution < 1.29 is 18.3 Å². The maximum Gasteiger partial charge on any atom is 0.177 e. The van der Waals surface area contributed by atoms with Crippen molar-refractivity contribution in [2.24, 2.45) is 0 Å². The number of sulfone groups is 1. The molecule has 0 spiro atoms. The molecule has 6 nitrogen and oxygen atoms in total. The van der Waals surface area contributed by atoms with E-state index in [1.807, 2.05) is 18.2 Å². The summed E-state index contributed by atoms with van der Waals surface area (Å²) >= 11 is 5.98. The van der Waals surface area contributed by atoms with Gasteiger partial charge in [0, 0.05) is 37.0 Å². The number of methoxy groups -OCH3 is 1. The summed E-state index contributed by atoms with van der Waals surface area (Å²) in [6, 6.07) is 7.30. The zero-order chi connectivity index (χ0) is 20.3. The topological polar surface area (TPSA) is 79.7 Å². The van der Waals surface area contributed by atoms with Gasteiger partial charge in [-0.25, -0.2) is 8.42 Å². The molecule has 152 valence electrons. The number of hydrogen-bond acceptors (Lipinski definition) is 6. The summed E-state index contributed by atoms with van der Waals surface area (Å²) in [6.07, 6.45) is 4.55. The molecule has 2 aromatic rings. The quantitative estimate of drug-likeness (QED) is 0.767. The fourth-order valence-electron chi connectivity index (χ4n) is 3.77. The normalized spacial score (nSPS) is 18.2. The summed E-state index contributed by atoms with van der Waals surface area (Å²) < 4.78 is 29.7. The first-order chi connectivity index (χ1) is 13.3. The van der Waals surface area contributed by atoms with E-state index in [0.717, 1.165) is 43.6 Å². The summed E-state index contributed by atoms with van der Waals surface area (Å²) in [7, 11) is -1.82. The molecule has 8 heteroatoms. The monoisotopic (exact) mass is 424 g/mol. The molecule has 1 aliphatic heterocycles. The van der Waals surface area contributed by atoms with Crippen molar-refractivity contribution in [3.8, 4) is 5.75 Å². The van der Waals surface area contributed by atoms with E-state index in [0.29, 0.717) is 16.5 Å². The number of likely N-dealkylation sites (tertiary alicyclic amines) is 1. The van der Waals surface area contributed by atoms with Crippen molar-refractivity contribution in [2.45, 2.75) is 36.8 Å². The van der Waals surface area contributed by atoms with Gasteiger partial charge in [-0.05, 0) is 43.1 Å². The Bertz CT molecular complexity index is 949. The van der Waals surface area contributed by atoms with Gasteiger partial charge in [0.25, 0.3) is 0 Å². The van der Waals surface area contributed by atoms with Crippen LogP contribution < -0.4 is 4.74 Å². The SMILES string of the molecule is COc1ccc(CN2CCCC(c3ncc(Cl)cc3S(C)(=O)=O)C2)cc1CO. The number of aliphatic hydroxyl groups excluding tert-OH is 1. The molecule has 28 heavy (non-hydrogen) atoms. The minimum atomic E-state index is -3.41. The number of hydrogen-bond donors (Lipinski definition) is 1. The van der Waals surface area contributed by atoms with Gasteiger partial charge in [0.2, 0.25) is 0 Å².